The molecule has 3 aromatic carbocycles. The van der Waals surface area contributed by atoms with E-state index in [0.29, 0.717) is 29.8 Å². The highest BCUT2D eigenvalue weighted by Crippen LogP contribution is 2.36. The van der Waals surface area contributed by atoms with Gasteiger partial charge in [-0.3, -0.25) is 4.90 Å². The van der Waals surface area contributed by atoms with E-state index in [1.165, 1.54) is 20.8 Å². The summed E-state index contributed by atoms with van der Waals surface area (Å²) in [7, 11) is 1.59. The number of fused-ring (bicyclic) bond motifs is 2. The highest BCUT2D eigenvalue weighted by atomic mass is 19.1. The van der Waals surface area contributed by atoms with Crippen molar-refractivity contribution in [1.29, 1.82) is 0 Å². The van der Waals surface area contributed by atoms with Crippen LogP contribution in [0, 0.1) is 5.82 Å². The molecule has 3 atom stereocenters. The number of nitrogens with zero attached hydrogens (tertiary/aromatic N) is 4. The first-order valence-electron chi connectivity index (χ1n) is 13.1. The number of piperazine rings is 1. The predicted octanol–water partition coefficient (Wildman–Crippen LogP) is 5.33. The lowest BCUT2D eigenvalue weighted by Crippen LogP contribution is -2.72. The number of likely N-dealkylation sites (tertiary alicyclic amines) is 1. The molecule has 3 aromatic rings. The molecule has 2 saturated heterocycles. The number of benzene rings is 3. The third kappa shape index (κ3) is 5.16. The molecular weight excluding hydrogens is 499 g/mol. The molecule has 2 aliphatic rings. The molecule has 0 aliphatic carbocycles. The van der Waals surface area contributed by atoms with Gasteiger partial charge >= 0.3 is 18.0 Å². The lowest BCUT2D eigenvalue weighted by molar-refractivity contribution is -0.148. The smallest absolute Gasteiger partial charge is 0.329 e. The molecule has 0 spiro atoms. The summed E-state index contributed by atoms with van der Waals surface area (Å²) in [6, 6.07) is 21.4. The van der Waals surface area contributed by atoms with Crippen molar-refractivity contribution in [2.24, 2.45) is 0 Å². The predicted molar refractivity (Wildman–Crippen MR) is 145 cm³/mol. The van der Waals surface area contributed by atoms with Gasteiger partial charge in [0.05, 0.1) is 23.5 Å². The number of carbonyl (C=O) groups excluding carboxylic acids is 2. The van der Waals surface area contributed by atoms with E-state index in [9.17, 15) is 23.9 Å². The minimum absolute atomic E-state index is 0.0532. The fourth-order valence-electron chi connectivity index (χ4n) is 5.74. The number of amides is 4. The minimum atomic E-state index is -1.23. The monoisotopic (exact) mass is 530 g/mol. The summed E-state index contributed by atoms with van der Waals surface area (Å²) in [5.74, 6) is -1.57. The zero-order valence-electron chi connectivity index (χ0n) is 21.7. The highest BCUT2D eigenvalue weighted by Gasteiger charge is 2.52. The highest BCUT2D eigenvalue weighted by molar-refractivity contribution is 6.01. The van der Waals surface area contributed by atoms with Gasteiger partial charge in [0.15, 0.2) is 6.04 Å². The molecule has 2 aliphatic heterocycles. The summed E-state index contributed by atoms with van der Waals surface area (Å²) in [4.78, 5) is 46.5. The summed E-state index contributed by atoms with van der Waals surface area (Å²) in [5, 5.41) is 10.4. The molecule has 2 heterocycles. The Morgan fingerprint density at radius 3 is 2.05 bits per heavy atom. The van der Waals surface area contributed by atoms with Crippen LogP contribution in [0.25, 0.3) is 0 Å². The number of piperidine rings is 1. The quantitative estimate of drug-likeness (QED) is 0.484. The van der Waals surface area contributed by atoms with Gasteiger partial charge in [-0.15, -0.1) is 0 Å². The standard InChI is InChI=1S/C30H31FN4O4/c1-32(19-21-11-8-9-17-25(21)31)29(38)35-24-16-10-18-26(35)27(28(36)37)33(20-24)30(39)34(22-12-4-2-5-13-22)23-14-6-3-7-15-23/h2-9,11-15,17,24,26-27H,10,16,18-20H2,1H3,(H,36,37)/t24-,26+,27-/m0/s1. The number of urea groups is 2. The second-order valence-corrected chi connectivity index (χ2v) is 10.0. The molecule has 0 aromatic heterocycles. The number of hydrogen-bond donors (Lipinski definition) is 1. The summed E-state index contributed by atoms with van der Waals surface area (Å²) in [5.41, 5.74) is 1.61. The van der Waals surface area contributed by atoms with Crippen LogP contribution in [0.2, 0.25) is 0 Å². The zero-order valence-corrected chi connectivity index (χ0v) is 21.7. The fourth-order valence-corrected chi connectivity index (χ4v) is 5.74. The number of halogens is 1. The Balaban J connectivity index is 1.46. The Bertz CT molecular complexity index is 1300. The maximum absolute atomic E-state index is 14.3. The van der Waals surface area contributed by atoms with Gasteiger partial charge in [0.25, 0.3) is 0 Å². The molecule has 2 fully saturated rings. The van der Waals surface area contributed by atoms with Gasteiger partial charge in [0.2, 0.25) is 0 Å². The third-order valence-electron chi connectivity index (χ3n) is 7.53. The van der Waals surface area contributed by atoms with E-state index >= 15 is 0 Å². The van der Waals surface area contributed by atoms with Gasteiger partial charge in [-0.05, 0) is 49.6 Å². The number of carbonyl (C=O) groups is 3. The molecule has 8 nitrogen and oxygen atoms in total. The SMILES string of the molecule is CN(Cc1ccccc1F)C(=O)N1[C@H]2CCC[C@@H]1[C@@H](C(=O)O)N(C(=O)N(c1ccccc1)c1ccccc1)C2. The van der Waals surface area contributed by atoms with E-state index < -0.39 is 29.9 Å². The lowest BCUT2D eigenvalue weighted by Gasteiger charge is -2.54. The normalized spacial score (nSPS) is 20.3. The van der Waals surface area contributed by atoms with Crippen molar-refractivity contribution in [2.75, 3.05) is 18.5 Å². The van der Waals surface area contributed by atoms with Crippen LogP contribution < -0.4 is 4.90 Å². The molecule has 0 saturated carbocycles. The Morgan fingerprint density at radius 2 is 1.46 bits per heavy atom. The van der Waals surface area contributed by atoms with E-state index in [0.717, 1.165) is 6.42 Å². The number of hydrogen-bond acceptors (Lipinski definition) is 3. The molecular formula is C30H31FN4O4. The fraction of sp³-hybridized carbons (Fsp3) is 0.300. The molecule has 202 valence electrons. The van der Waals surface area contributed by atoms with E-state index in [4.69, 9.17) is 0 Å². The van der Waals surface area contributed by atoms with Gasteiger partial charge in [-0.2, -0.15) is 0 Å². The van der Waals surface area contributed by atoms with Crippen LogP contribution in [0.3, 0.4) is 0 Å². The van der Waals surface area contributed by atoms with Gasteiger partial charge in [0, 0.05) is 25.7 Å². The first-order chi connectivity index (χ1) is 18.9. The van der Waals surface area contributed by atoms with Crippen molar-refractivity contribution in [3.05, 3.63) is 96.3 Å². The maximum atomic E-state index is 14.3. The Kier molecular flexibility index (Phi) is 7.49. The molecule has 0 unspecified atom stereocenters. The third-order valence-corrected chi connectivity index (χ3v) is 7.53. The summed E-state index contributed by atoms with van der Waals surface area (Å²) in [6.45, 7) is 0.138. The molecule has 39 heavy (non-hydrogen) atoms. The summed E-state index contributed by atoms with van der Waals surface area (Å²) in [6.07, 6.45) is 1.85. The van der Waals surface area contributed by atoms with Gasteiger partial charge < -0.3 is 19.8 Å². The Hall–Kier alpha value is -4.40. The average molecular weight is 531 g/mol. The maximum Gasteiger partial charge on any atom is 0.329 e. The average Bonchev–Trinajstić information content (AvgIpc) is 2.94. The number of carboxylic acid groups (broad SMARTS) is 1. The van der Waals surface area contributed by atoms with Crippen LogP contribution in [0.4, 0.5) is 25.4 Å². The topological polar surface area (TPSA) is 84.4 Å². The molecule has 0 radical (unpaired) electrons. The van der Waals surface area contributed by atoms with E-state index in [-0.39, 0.29) is 25.2 Å². The lowest BCUT2D eigenvalue weighted by atomic mass is 9.86. The summed E-state index contributed by atoms with van der Waals surface area (Å²) >= 11 is 0. The van der Waals surface area contributed by atoms with Crippen LogP contribution in [0.15, 0.2) is 84.9 Å². The number of aliphatic carboxylic acids is 1. The second-order valence-electron chi connectivity index (χ2n) is 10.0. The molecule has 2 bridgehead atoms. The van der Waals surface area contributed by atoms with Crippen LogP contribution in [-0.4, -0.2) is 69.6 Å². The minimum Gasteiger partial charge on any atom is -0.480 e. The van der Waals surface area contributed by atoms with Crippen molar-refractivity contribution in [1.82, 2.24) is 14.7 Å². The van der Waals surface area contributed by atoms with Crippen molar-refractivity contribution in [2.45, 2.75) is 43.9 Å². The van der Waals surface area contributed by atoms with Gasteiger partial charge in [0.1, 0.15) is 5.82 Å². The van der Waals surface area contributed by atoms with Crippen molar-refractivity contribution >= 4 is 29.4 Å². The first kappa shape index (κ1) is 26.2. The second kappa shape index (κ2) is 11.1. The van der Waals surface area contributed by atoms with Crippen molar-refractivity contribution in [3.63, 3.8) is 0 Å². The Labute approximate surface area is 226 Å². The summed E-state index contributed by atoms with van der Waals surface area (Å²) < 4.78 is 14.3. The van der Waals surface area contributed by atoms with E-state index in [2.05, 4.69) is 0 Å². The molecule has 5 rings (SSSR count). The number of rotatable bonds is 5. The molecule has 4 amide bonds. The molecule has 9 heteroatoms. The number of anilines is 2. The van der Waals surface area contributed by atoms with Crippen LogP contribution >= 0.6 is 0 Å². The molecule has 1 N–H and O–H groups in total. The van der Waals surface area contributed by atoms with Crippen LogP contribution in [0.5, 0.6) is 0 Å². The first-order valence-corrected chi connectivity index (χ1v) is 13.1. The van der Waals surface area contributed by atoms with Crippen LogP contribution in [0.1, 0.15) is 24.8 Å². The van der Waals surface area contributed by atoms with Crippen LogP contribution in [-0.2, 0) is 11.3 Å². The van der Waals surface area contributed by atoms with E-state index in [1.54, 1.807) is 54.4 Å². The van der Waals surface area contributed by atoms with Gasteiger partial charge in [-0.25, -0.2) is 18.8 Å². The number of carboxylic acids is 1. The number of para-hydroxylation sites is 2. The zero-order chi connectivity index (χ0) is 27.5. The van der Waals surface area contributed by atoms with E-state index in [1.807, 2.05) is 36.4 Å². The largest absolute Gasteiger partial charge is 0.480 e. The van der Waals surface area contributed by atoms with Gasteiger partial charge in [-0.1, -0.05) is 54.6 Å². The van der Waals surface area contributed by atoms with Crippen molar-refractivity contribution in [3.8, 4) is 0 Å². The Morgan fingerprint density at radius 1 is 0.872 bits per heavy atom. The van der Waals surface area contributed by atoms with Crippen molar-refractivity contribution < 1.29 is 23.9 Å².